The molecule has 2 N–H and O–H groups in total. The molecule has 9 nitrogen and oxygen atoms in total. The van der Waals surface area contributed by atoms with Gasteiger partial charge in [-0.2, -0.15) is 17.8 Å². The van der Waals surface area contributed by atoms with Crippen LogP contribution in [0.3, 0.4) is 0 Å². The highest BCUT2D eigenvalue weighted by Gasteiger charge is 2.26. The molecular formula is C9H14N4O5S2. The van der Waals surface area contributed by atoms with E-state index < -0.39 is 27.4 Å². The monoisotopic (exact) mass is 322 g/mol. The summed E-state index contributed by atoms with van der Waals surface area (Å²) in [4.78, 5) is 20.6. The van der Waals surface area contributed by atoms with Gasteiger partial charge in [-0.15, -0.1) is 0 Å². The molecule has 0 bridgehead atoms. The van der Waals surface area contributed by atoms with Crippen LogP contribution in [0.15, 0.2) is 5.16 Å². The number of nitrogens with two attached hydrogens (primary N) is 1. The summed E-state index contributed by atoms with van der Waals surface area (Å²) in [7, 11) is -3.99. The first-order valence-electron chi connectivity index (χ1n) is 5.27. The van der Waals surface area contributed by atoms with Crippen LogP contribution in [0.1, 0.15) is 26.6 Å². The molecule has 0 spiro atoms. The van der Waals surface area contributed by atoms with Gasteiger partial charge in [0.05, 0.1) is 6.26 Å². The summed E-state index contributed by atoms with van der Waals surface area (Å²) in [6.45, 7) is 5.08. The topological polar surface area (TPSA) is 134 Å². The molecule has 0 fully saturated rings. The molecule has 1 aromatic rings. The lowest BCUT2D eigenvalue weighted by atomic mass is 10.2. The van der Waals surface area contributed by atoms with Gasteiger partial charge < -0.3 is 14.8 Å². The normalized spacial score (nSPS) is 13.1. The van der Waals surface area contributed by atoms with Crippen molar-refractivity contribution in [2.45, 2.75) is 26.4 Å². The number of nitrogen functional groups attached to an aromatic ring is 1. The van der Waals surface area contributed by atoms with Gasteiger partial charge in [0.15, 0.2) is 5.13 Å². The van der Waals surface area contributed by atoms with Gasteiger partial charge in [-0.3, -0.25) is 0 Å². The van der Waals surface area contributed by atoms with E-state index >= 15 is 0 Å². The first-order chi connectivity index (χ1) is 8.98. The van der Waals surface area contributed by atoms with E-state index in [1.165, 1.54) is 0 Å². The molecule has 112 valence electrons. The van der Waals surface area contributed by atoms with Crippen LogP contribution in [0.4, 0.5) is 5.13 Å². The summed E-state index contributed by atoms with van der Waals surface area (Å²) < 4.78 is 30.0. The predicted octanol–water partition coefficient (Wildman–Crippen LogP) is 0.142. The van der Waals surface area contributed by atoms with Crippen molar-refractivity contribution in [1.82, 2.24) is 9.36 Å². The molecule has 20 heavy (non-hydrogen) atoms. The van der Waals surface area contributed by atoms with Gasteiger partial charge in [0.1, 0.15) is 5.60 Å². The number of hydrogen-bond donors (Lipinski definition) is 1. The quantitative estimate of drug-likeness (QED) is 0.470. The van der Waals surface area contributed by atoms with E-state index in [9.17, 15) is 13.2 Å². The van der Waals surface area contributed by atoms with Crippen LogP contribution < -0.4 is 5.73 Å². The van der Waals surface area contributed by atoms with Gasteiger partial charge in [-0.1, -0.05) is 5.16 Å². The molecule has 0 atom stereocenters. The van der Waals surface area contributed by atoms with Gasteiger partial charge >= 0.3 is 16.1 Å². The van der Waals surface area contributed by atoms with Crippen molar-refractivity contribution in [3.05, 3.63) is 5.82 Å². The van der Waals surface area contributed by atoms with E-state index in [1.54, 1.807) is 20.8 Å². The fraction of sp³-hybridized carbons (Fsp3) is 0.556. The number of carbonyl (C=O) groups excluding carboxylic acids is 1. The summed E-state index contributed by atoms with van der Waals surface area (Å²) in [5, 5.41) is 3.66. The van der Waals surface area contributed by atoms with E-state index in [2.05, 4.69) is 18.7 Å². The smallest absolute Gasteiger partial charge is 0.379 e. The minimum Gasteiger partial charge on any atom is -0.389 e. The zero-order valence-electron chi connectivity index (χ0n) is 11.3. The fourth-order valence-corrected chi connectivity index (χ4v) is 1.65. The number of oxime groups is 1. The van der Waals surface area contributed by atoms with Crippen molar-refractivity contribution in [2.75, 3.05) is 12.0 Å². The second kappa shape index (κ2) is 5.71. The summed E-state index contributed by atoms with van der Waals surface area (Å²) in [5.74, 6) is -1.40. The van der Waals surface area contributed by atoms with Gasteiger partial charge in [0.25, 0.3) is 0 Å². The molecule has 11 heteroatoms. The number of anilines is 1. The zero-order valence-corrected chi connectivity index (χ0v) is 12.9. The van der Waals surface area contributed by atoms with Crippen molar-refractivity contribution >= 4 is 38.5 Å². The standard InChI is InChI=1S/C9H14N4O5S2/c1-9(2,3)18-12-5(6-11-8(10)19-13-6)7(14)17-20(4,15)16/h1-4H3,(H2,10,11,13)/b12-5-. The molecule has 0 aliphatic heterocycles. The first kappa shape index (κ1) is 16.3. The maximum absolute atomic E-state index is 11.8. The summed E-state index contributed by atoms with van der Waals surface area (Å²) >= 11 is 0.825. The van der Waals surface area contributed by atoms with Crippen LogP contribution in [0, 0.1) is 0 Å². The largest absolute Gasteiger partial charge is 0.389 e. The van der Waals surface area contributed by atoms with Crippen molar-refractivity contribution in [1.29, 1.82) is 0 Å². The van der Waals surface area contributed by atoms with Crippen molar-refractivity contribution in [3.63, 3.8) is 0 Å². The molecule has 1 rings (SSSR count). The Hall–Kier alpha value is -1.75. The van der Waals surface area contributed by atoms with Crippen LogP contribution in [0.2, 0.25) is 0 Å². The van der Waals surface area contributed by atoms with Crippen LogP contribution in [-0.2, 0) is 23.9 Å². The molecule has 0 amide bonds. The molecule has 1 aromatic heterocycles. The van der Waals surface area contributed by atoms with E-state index in [4.69, 9.17) is 10.6 Å². The van der Waals surface area contributed by atoms with Crippen LogP contribution in [0.25, 0.3) is 0 Å². The third kappa shape index (κ3) is 5.48. The fourth-order valence-electron chi connectivity index (χ4n) is 0.860. The Balaban J connectivity index is 3.11. The lowest BCUT2D eigenvalue weighted by Gasteiger charge is -2.15. The lowest BCUT2D eigenvalue weighted by molar-refractivity contribution is -0.126. The number of hydrogen-bond acceptors (Lipinski definition) is 10. The maximum Gasteiger partial charge on any atom is 0.379 e. The molecule has 0 radical (unpaired) electrons. The predicted molar refractivity (Wildman–Crippen MR) is 72.6 cm³/mol. The molecule has 1 heterocycles. The number of aromatic nitrogens is 2. The molecule has 0 aliphatic carbocycles. The number of rotatable bonds is 4. The average Bonchev–Trinajstić information content (AvgIpc) is 2.60. The summed E-state index contributed by atoms with van der Waals surface area (Å²) in [6, 6.07) is 0. The minimum atomic E-state index is -3.99. The molecule has 0 saturated carbocycles. The molecular weight excluding hydrogens is 308 g/mol. The number of nitrogens with zero attached hydrogens (tertiary/aromatic N) is 3. The Kier molecular flexibility index (Phi) is 4.65. The van der Waals surface area contributed by atoms with E-state index in [0.29, 0.717) is 0 Å². The SMILES string of the molecule is CC(C)(C)O/N=C(\C(=O)OS(C)(=O)=O)c1nsc(N)n1. The van der Waals surface area contributed by atoms with E-state index in [0.717, 1.165) is 17.8 Å². The van der Waals surface area contributed by atoms with Crippen LogP contribution >= 0.6 is 11.5 Å². The Bertz CT molecular complexity index is 629. The van der Waals surface area contributed by atoms with Gasteiger partial charge in [0, 0.05) is 11.5 Å². The number of carbonyl (C=O) groups is 1. The highest BCUT2D eigenvalue weighted by molar-refractivity contribution is 7.86. The second-order valence-electron chi connectivity index (χ2n) is 4.67. The second-order valence-corrected chi connectivity index (χ2v) is 7.03. The molecule has 0 saturated heterocycles. The van der Waals surface area contributed by atoms with Gasteiger partial charge in [-0.25, -0.2) is 4.79 Å². The average molecular weight is 322 g/mol. The minimum absolute atomic E-state index is 0.0932. The van der Waals surface area contributed by atoms with Crippen molar-refractivity contribution in [2.24, 2.45) is 5.16 Å². The van der Waals surface area contributed by atoms with Gasteiger partial charge in [-0.05, 0) is 20.8 Å². The maximum atomic E-state index is 11.8. The molecule has 0 aromatic carbocycles. The first-order valence-corrected chi connectivity index (χ1v) is 7.86. The Morgan fingerprint density at radius 1 is 1.40 bits per heavy atom. The third-order valence-electron chi connectivity index (χ3n) is 1.48. The Labute approximate surface area is 120 Å². The van der Waals surface area contributed by atoms with Crippen LogP contribution in [-0.4, -0.2) is 41.3 Å². The van der Waals surface area contributed by atoms with Crippen LogP contribution in [0.5, 0.6) is 0 Å². The zero-order chi connectivity index (χ0) is 15.6. The third-order valence-corrected chi connectivity index (χ3v) is 2.48. The summed E-state index contributed by atoms with van der Waals surface area (Å²) in [6.07, 6.45) is 0.732. The highest BCUT2D eigenvalue weighted by Crippen LogP contribution is 2.12. The van der Waals surface area contributed by atoms with Gasteiger partial charge in [0.2, 0.25) is 11.5 Å². The Morgan fingerprint density at radius 3 is 2.40 bits per heavy atom. The van der Waals surface area contributed by atoms with Crippen molar-refractivity contribution < 1.29 is 22.2 Å². The Morgan fingerprint density at radius 2 is 2.00 bits per heavy atom. The van der Waals surface area contributed by atoms with E-state index in [-0.39, 0.29) is 11.0 Å². The van der Waals surface area contributed by atoms with Crippen molar-refractivity contribution in [3.8, 4) is 0 Å². The van der Waals surface area contributed by atoms with E-state index in [1.807, 2.05) is 0 Å². The lowest BCUT2D eigenvalue weighted by Crippen LogP contribution is -2.25. The molecule has 0 aliphatic rings. The molecule has 0 unspecified atom stereocenters. The highest BCUT2D eigenvalue weighted by atomic mass is 32.2. The summed E-state index contributed by atoms with van der Waals surface area (Å²) in [5.41, 5.74) is 4.23.